The summed E-state index contributed by atoms with van der Waals surface area (Å²) in [7, 11) is 1.39. The number of carbonyl (C=O) groups is 1. The zero-order valence-electron chi connectivity index (χ0n) is 15.0. The van der Waals surface area contributed by atoms with Crippen LogP contribution in [0.2, 0.25) is 5.02 Å². The summed E-state index contributed by atoms with van der Waals surface area (Å²) >= 11 is 8.29. The van der Waals surface area contributed by atoms with Gasteiger partial charge < -0.3 is 9.72 Å². The third-order valence-electron chi connectivity index (χ3n) is 4.77. The summed E-state index contributed by atoms with van der Waals surface area (Å²) in [5.41, 5.74) is 5.95. The monoisotopic (exact) mass is 395 g/mol. The molecule has 0 aliphatic rings. The van der Waals surface area contributed by atoms with E-state index in [1.54, 1.807) is 17.4 Å². The first-order valence-corrected chi connectivity index (χ1v) is 9.84. The summed E-state index contributed by atoms with van der Waals surface area (Å²) < 4.78 is 4.85. The molecule has 4 aromatic rings. The summed E-state index contributed by atoms with van der Waals surface area (Å²) in [5, 5.41) is 3.83. The number of hydrogen-bond acceptors (Lipinski definition) is 3. The van der Waals surface area contributed by atoms with Gasteiger partial charge in [-0.2, -0.15) is 0 Å². The Kier molecular flexibility index (Phi) is 4.77. The van der Waals surface area contributed by atoms with Crippen LogP contribution in [-0.4, -0.2) is 18.1 Å². The Bertz CT molecular complexity index is 1130. The highest BCUT2D eigenvalue weighted by Crippen LogP contribution is 2.32. The van der Waals surface area contributed by atoms with Gasteiger partial charge in [0, 0.05) is 32.9 Å². The second-order valence-electron chi connectivity index (χ2n) is 6.44. The summed E-state index contributed by atoms with van der Waals surface area (Å²) in [4.78, 5) is 16.5. The normalized spacial score (nSPS) is 11.1. The number of nitrogens with one attached hydrogen (secondary N) is 1. The van der Waals surface area contributed by atoms with Crippen molar-refractivity contribution in [1.82, 2.24) is 4.98 Å². The number of methoxy groups -OCH3 is 1. The van der Waals surface area contributed by atoms with E-state index in [2.05, 4.69) is 28.6 Å². The number of thiophene rings is 1. The van der Waals surface area contributed by atoms with E-state index in [0.717, 1.165) is 38.3 Å². The number of aromatic amines is 1. The molecule has 1 N–H and O–H groups in total. The van der Waals surface area contributed by atoms with Gasteiger partial charge >= 0.3 is 5.97 Å². The molecule has 3 nitrogen and oxygen atoms in total. The van der Waals surface area contributed by atoms with E-state index < -0.39 is 0 Å². The first-order chi connectivity index (χ1) is 13.1. The van der Waals surface area contributed by atoms with Gasteiger partial charge in [0.15, 0.2) is 0 Å². The fourth-order valence-corrected chi connectivity index (χ4v) is 4.30. The average Bonchev–Trinajstić information content (AvgIpc) is 3.31. The van der Waals surface area contributed by atoms with Gasteiger partial charge in [0.2, 0.25) is 0 Å². The van der Waals surface area contributed by atoms with E-state index in [-0.39, 0.29) is 5.97 Å². The molecule has 2 heterocycles. The molecule has 0 saturated heterocycles. The second-order valence-corrected chi connectivity index (χ2v) is 7.80. The predicted molar refractivity (Wildman–Crippen MR) is 112 cm³/mol. The quantitative estimate of drug-likeness (QED) is 0.416. The third kappa shape index (κ3) is 3.38. The molecule has 0 aliphatic carbocycles. The molecule has 136 valence electrons. The molecule has 0 fully saturated rings. The van der Waals surface area contributed by atoms with Crippen molar-refractivity contribution >= 4 is 39.8 Å². The number of aryl methyl sites for hydroxylation is 1. The summed E-state index contributed by atoms with van der Waals surface area (Å²) in [6, 6.07) is 15.9. The van der Waals surface area contributed by atoms with Gasteiger partial charge in [-0.25, -0.2) is 4.79 Å². The molecule has 0 unspecified atom stereocenters. The predicted octanol–water partition coefficient (Wildman–Crippen LogP) is 6.24. The molecular formula is C22H18ClNO2S. The van der Waals surface area contributed by atoms with Crippen molar-refractivity contribution in [2.75, 3.05) is 7.11 Å². The van der Waals surface area contributed by atoms with Crippen LogP contribution in [0.15, 0.2) is 53.9 Å². The number of halogens is 1. The van der Waals surface area contributed by atoms with Crippen LogP contribution in [0.5, 0.6) is 0 Å². The van der Waals surface area contributed by atoms with Gasteiger partial charge in [-0.15, -0.1) is 11.3 Å². The van der Waals surface area contributed by atoms with E-state index in [1.165, 1.54) is 12.0 Å². The molecule has 0 amide bonds. The van der Waals surface area contributed by atoms with Crippen LogP contribution in [0.1, 0.15) is 27.2 Å². The van der Waals surface area contributed by atoms with Gasteiger partial charge in [0.25, 0.3) is 0 Å². The molecule has 4 rings (SSSR count). The summed E-state index contributed by atoms with van der Waals surface area (Å²) in [6.45, 7) is 2.04. The van der Waals surface area contributed by atoms with Crippen LogP contribution in [0.25, 0.3) is 21.3 Å². The van der Waals surface area contributed by atoms with Gasteiger partial charge in [-0.3, -0.25) is 0 Å². The zero-order valence-corrected chi connectivity index (χ0v) is 16.6. The zero-order chi connectivity index (χ0) is 19.0. The third-order valence-corrected chi connectivity index (χ3v) is 6.04. The fraction of sp³-hybridized carbons (Fsp3) is 0.136. The van der Waals surface area contributed by atoms with E-state index in [9.17, 15) is 4.79 Å². The molecule has 0 atom stereocenters. The molecule has 0 aliphatic heterocycles. The largest absolute Gasteiger partial charge is 0.465 e. The number of hydrogen-bond donors (Lipinski definition) is 1. The van der Waals surface area contributed by atoms with Crippen molar-refractivity contribution < 1.29 is 9.53 Å². The topological polar surface area (TPSA) is 42.1 Å². The fourth-order valence-electron chi connectivity index (χ4n) is 3.33. The van der Waals surface area contributed by atoms with Crippen molar-refractivity contribution in [3.8, 4) is 10.4 Å². The lowest BCUT2D eigenvalue weighted by molar-refractivity contribution is 0.0601. The molecular weight excluding hydrogens is 378 g/mol. The first-order valence-electron chi connectivity index (χ1n) is 8.58. The number of rotatable bonds is 4. The average molecular weight is 396 g/mol. The maximum Gasteiger partial charge on any atom is 0.337 e. The molecule has 2 aromatic carbocycles. The number of H-pyrrole nitrogens is 1. The van der Waals surface area contributed by atoms with Gasteiger partial charge in [-0.05, 0) is 59.3 Å². The Balaban J connectivity index is 1.72. The van der Waals surface area contributed by atoms with Crippen molar-refractivity contribution in [2.45, 2.75) is 13.3 Å². The SMILES string of the molecule is COC(=O)c1ccc2[nH]c(C)c(Cc3ccc(-c4cccs4)cc3Cl)c2c1. The Morgan fingerprint density at radius 3 is 2.74 bits per heavy atom. The standard InChI is InChI=1S/C22H18ClNO2S/c1-13-17(18-11-16(22(25)26-2)7-8-20(18)24-13)10-14-5-6-15(12-19(14)23)21-4-3-9-27-21/h3-9,11-12,24H,10H2,1-2H3. The number of esters is 1. The van der Waals surface area contributed by atoms with Crippen molar-refractivity contribution in [3.63, 3.8) is 0 Å². The Morgan fingerprint density at radius 2 is 2.04 bits per heavy atom. The molecule has 0 spiro atoms. The minimum absolute atomic E-state index is 0.333. The van der Waals surface area contributed by atoms with Crippen LogP contribution in [0, 0.1) is 6.92 Å². The van der Waals surface area contributed by atoms with Crippen LogP contribution in [-0.2, 0) is 11.2 Å². The lowest BCUT2D eigenvalue weighted by atomic mass is 9.99. The number of carbonyl (C=O) groups excluding carboxylic acids is 1. The Morgan fingerprint density at radius 1 is 1.19 bits per heavy atom. The van der Waals surface area contributed by atoms with Crippen molar-refractivity contribution in [1.29, 1.82) is 0 Å². The Labute approximate surface area is 166 Å². The van der Waals surface area contributed by atoms with E-state index in [1.807, 2.05) is 31.2 Å². The smallest absolute Gasteiger partial charge is 0.337 e. The maximum atomic E-state index is 11.9. The molecule has 27 heavy (non-hydrogen) atoms. The van der Waals surface area contributed by atoms with Gasteiger partial charge in [0.05, 0.1) is 12.7 Å². The second kappa shape index (κ2) is 7.22. The van der Waals surface area contributed by atoms with Gasteiger partial charge in [-0.1, -0.05) is 29.8 Å². The highest BCUT2D eigenvalue weighted by molar-refractivity contribution is 7.13. The molecule has 0 bridgehead atoms. The molecule has 0 saturated carbocycles. The van der Waals surface area contributed by atoms with Crippen molar-refractivity contribution in [2.24, 2.45) is 0 Å². The lowest BCUT2D eigenvalue weighted by Gasteiger charge is -2.08. The first kappa shape index (κ1) is 17.8. The van der Waals surface area contributed by atoms with Crippen LogP contribution < -0.4 is 0 Å². The van der Waals surface area contributed by atoms with Gasteiger partial charge in [0.1, 0.15) is 0 Å². The minimum atomic E-state index is -0.333. The lowest BCUT2D eigenvalue weighted by Crippen LogP contribution is -2.00. The van der Waals surface area contributed by atoms with Crippen LogP contribution in [0.3, 0.4) is 0 Å². The maximum absolute atomic E-state index is 11.9. The van der Waals surface area contributed by atoms with Crippen LogP contribution >= 0.6 is 22.9 Å². The number of fused-ring (bicyclic) bond motifs is 1. The van der Waals surface area contributed by atoms with Crippen LogP contribution in [0.4, 0.5) is 0 Å². The van der Waals surface area contributed by atoms with E-state index >= 15 is 0 Å². The summed E-state index contributed by atoms with van der Waals surface area (Å²) in [5.74, 6) is -0.333. The molecule has 0 radical (unpaired) electrons. The molecule has 5 heteroatoms. The van der Waals surface area contributed by atoms with Crippen molar-refractivity contribution in [3.05, 3.63) is 81.3 Å². The number of benzene rings is 2. The number of aromatic nitrogens is 1. The van der Waals surface area contributed by atoms with E-state index in [4.69, 9.17) is 16.3 Å². The van der Waals surface area contributed by atoms with E-state index in [0.29, 0.717) is 12.0 Å². The number of ether oxygens (including phenoxy) is 1. The highest BCUT2D eigenvalue weighted by Gasteiger charge is 2.14. The molecule has 2 aromatic heterocycles. The summed E-state index contributed by atoms with van der Waals surface area (Å²) in [6.07, 6.45) is 0.694. The Hall–Kier alpha value is -2.56. The minimum Gasteiger partial charge on any atom is -0.465 e. The highest BCUT2D eigenvalue weighted by atomic mass is 35.5.